The minimum Gasteiger partial charge on any atom is -0.382 e. The first-order valence-electron chi connectivity index (χ1n) is 7.31. The van der Waals surface area contributed by atoms with Gasteiger partial charge in [0, 0.05) is 36.4 Å². The Balaban J connectivity index is 1.70. The number of imidazole rings is 1. The van der Waals surface area contributed by atoms with Crippen molar-refractivity contribution in [3.05, 3.63) is 43.0 Å². The van der Waals surface area contributed by atoms with E-state index in [1.54, 1.807) is 6.20 Å². The summed E-state index contributed by atoms with van der Waals surface area (Å²) < 4.78 is 7.74. The predicted octanol–water partition coefficient (Wildman–Crippen LogP) is 3.24. The summed E-state index contributed by atoms with van der Waals surface area (Å²) in [5, 5.41) is 3.63. The van der Waals surface area contributed by atoms with Crippen LogP contribution in [0.25, 0.3) is 5.69 Å². The van der Waals surface area contributed by atoms with Gasteiger partial charge in [-0.1, -0.05) is 13.0 Å². The maximum Gasteiger partial charge on any atom is 0.0991 e. The Morgan fingerprint density at radius 3 is 3.20 bits per heavy atom. The molecule has 106 valence electrons. The number of nitrogens with zero attached hydrogens (tertiary/aromatic N) is 2. The number of anilines is 1. The zero-order valence-corrected chi connectivity index (χ0v) is 11.8. The molecule has 1 saturated heterocycles. The van der Waals surface area contributed by atoms with Crippen molar-refractivity contribution in [2.24, 2.45) is 0 Å². The van der Waals surface area contributed by atoms with Gasteiger partial charge in [-0.15, -0.1) is 0 Å². The average Bonchev–Trinajstić information content (AvgIpc) is 3.02. The molecule has 1 N–H and O–H groups in total. The molecule has 1 fully saturated rings. The highest BCUT2D eigenvalue weighted by Gasteiger charge is 2.21. The summed E-state index contributed by atoms with van der Waals surface area (Å²) in [6.07, 6.45) is 9.23. The van der Waals surface area contributed by atoms with Crippen LogP contribution in [0.2, 0.25) is 0 Å². The fourth-order valence-corrected chi connectivity index (χ4v) is 2.70. The highest BCUT2D eigenvalue weighted by atomic mass is 16.5. The monoisotopic (exact) mass is 271 g/mol. The Morgan fingerprint density at radius 1 is 1.45 bits per heavy atom. The number of nitrogens with one attached hydrogen (secondary N) is 1. The van der Waals surface area contributed by atoms with E-state index in [0.29, 0.717) is 12.1 Å². The third-order valence-electron chi connectivity index (χ3n) is 3.84. The van der Waals surface area contributed by atoms with E-state index in [-0.39, 0.29) is 0 Å². The number of hydrogen-bond donors (Lipinski definition) is 1. The lowest BCUT2D eigenvalue weighted by molar-refractivity contribution is 0.00926. The summed E-state index contributed by atoms with van der Waals surface area (Å²) in [6.45, 7) is 3.05. The van der Waals surface area contributed by atoms with Crippen LogP contribution < -0.4 is 5.32 Å². The van der Waals surface area contributed by atoms with Crippen molar-refractivity contribution in [2.45, 2.75) is 38.3 Å². The lowest BCUT2D eigenvalue weighted by atomic mass is 10.0. The second kappa shape index (κ2) is 6.09. The first-order chi connectivity index (χ1) is 9.85. The van der Waals surface area contributed by atoms with Crippen molar-refractivity contribution in [2.75, 3.05) is 11.9 Å². The van der Waals surface area contributed by atoms with Gasteiger partial charge < -0.3 is 14.6 Å². The van der Waals surface area contributed by atoms with Gasteiger partial charge in [-0.25, -0.2) is 4.98 Å². The van der Waals surface area contributed by atoms with Crippen molar-refractivity contribution in [3.8, 4) is 5.69 Å². The summed E-state index contributed by atoms with van der Waals surface area (Å²) in [6, 6.07) is 8.96. The molecule has 2 aromatic rings. The fourth-order valence-electron chi connectivity index (χ4n) is 2.70. The SMILES string of the molecule is CCC1CC(Nc2cccc(-n3ccnc3)c2)CCO1. The van der Waals surface area contributed by atoms with Crippen LogP contribution in [0.5, 0.6) is 0 Å². The maximum absolute atomic E-state index is 5.73. The van der Waals surface area contributed by atoms with E-state index in [2.05, 4.69) is 41.5 Å². The van der Waals surface area contributed by atoms with E-state index in [1.165, 1.54) is 0 Å². The molecule has 2 unspecified atom stereocenters. The molecule has 4 heteroatoms. The standard InChI is InChI=1S/C16H21N3O/c1-2-16-11-14(6-9-20-16)18-13-4-3-5-15(10-13)19-8-7-17-12-19/h3-5,7-8,10,12,14,16,18H,2,6,9,11H2,1H3. The fraction of sp³-hybridized carbons (Fsp3) is 0.438. The smallest absolute Gasteiger partial charge is 0.0991 e. The van der Waals surface area contributed by atoms with Crippen molar-refractivity contribution in [1.82, 2.24) is 9.55 Å². The summed E-state index contributed by atoms with van der Waals surface area (Å²) in [5.41, 5.74) is 2.30. The minimum absolute atomic E-state index is 0.401. The Bertz CT molecular complexity index is 538. The second-order valence-electron chi connectivity index (χ2n) is 5.29. The highest BCUT2D eigenvalue weighted by molar-refractivity contribution is 5.51. The number of rotatable bonds is 4. The van der Waals surface area contributed by atoms with Crippen LogP contribution in [0.1, 0.15) is 26.2 Å². The zero-order valence-electron chi connectivity index (χ0n) is 11.8. The number of aromatic nitrogens is 2. The minimum atomic E-state index is 0.401. The highest BCUT2D eigenvalue weighted by Crippen LogP contribution is 2.22. The van der Waals surface area contributed by atoms with Crippen molar-refractivity contribution in [1.29, 1.82) is 0 Å². The summed E-state index contributed by atoms with van der Waals surface area (Å²) in [7, 11) is 0. The van der Waals surface area contributed by atoms with Gasteiger partial charge in [-0.3, -0.25) is 0 Å². The Morgan fingerprint density at radius 2 is 2.40 bits per heavy atom. The molecule has 20 heavy (non-hydrogen) atoms. The lowest BCUT2D eigenvalue weighted by Crippen LogP contribution is -2.33. The molecule has 1 aliphatic rings. The van der Waals surface area contributed by atoms with E-state index in [1.807, 2.05) is 17.1 Å². The molecule has 2 heterocycles. The lowest BCUT2D eigenvalue weighted by Gasteiger charge is -2.30. The number of hydrogen-bond acceptors (Lipinski definition) is 3. The first-order valence-corrected chi connectivity index (χ1v) is 7.31. The summed E-state index contributed by atoms with van der Waals surface area (Å²) >= 11 is 0. The van der Waals surface area contributed by atoms with Gasteiger partial charge >= 0.3 is 0 Å². The van der Waals surface area contributed by atoms with Gasteiger partial charge in [-0.2, -0.15) is 0 Å². The van der Waals surface area contributed by atoms with E-state index < -0.39 is 0 Å². The molecule has 1 aliphatic heterocycles. The summed E-state index contributed by atoms with van der Waals surface area (Å²) in [5.74, 6) is 0. The molecule has 1 aromatic heterocycles. The molecule has 0 radical (unpaired) electrons. The number of ether oxygens (including phenoxy) is 1. The van der Waals surface area contributed by atoms with Crippen LogP contribution in [0.4, 0.5) is 5.69 Å². The second-order valence-corrected chi connectivity index (χ2v) is 5.29. The molecule has 0 amide bonds. The number of benzene rings is 1. The Labute approximate surface area is 119 Å². The maximum atomic E-state index is 5.73. The Hall–Kier alpha value is -1.81. The topological polar surface area (TPSA) is 39.1 Å². The van der Waals surface area contributed by atoms with E-state index >= 15 is 0 Å². The van der Waals surface area contributed by atoms with Gasteiger partial charge in [0.25, 0.3) is 0 Å². The van der Waals surface area contributed by atoms with Crippen LogP contribution in [-0.2, 0) is 4.74 Å². The summed E-state index contributed by atoms with van der Waals surface area (Å²) in [4.78, 5) is 4.09. The molecule has 3 rings (SSSR count). The van der Waals surface area contributed by atoms with E-state index in [0.717, 1.165) is 37.2 Å². The molecule has 2 atom stereocenters. The van der Waals surface area contributed by atoms with E-state index in [4.69, 9.17) is 4.74 Å². The van der Waals surface area contributed by atoms with Gasteiger partial charge in [-0.05, 0) is 37.5 Å². The largest absolute Gasteiger partial charge is 0.382 e. The van der Waals surface area contributed by atoms with Crippen LogP contribution >= 0.6 is 0 Å². The average molecular weight is 271 g/mol. The quantitative estimate of drug-likeness (QED) is 0.928. The van der Waals surface area contributed by atoms with Gasteiger partial charge in [0.1, 0.15) is 0 Å². The molecule has 1 aromatic carbocycles. The molecule has 0 spiro atoms. The molecular formula is C16H21N3O. The van der Waals surface area contributed by atoms with Crippen LogP contribution in [0.3, 0.4) is 0 Å². The molecular weight excluding hydrogens is 250 g/mol. The molecule has 0 saturated carbocycles. The van der Waals surface area contributed by atoms with E-state index in [9.17, 15) is 0 Å². The van der Waals surface area contributed by atoms with Crippen molar-refractivity contribution < 1.29 is 4.74 Å². The van der Waals surface area contributed by atoms with Crippen LogP contribution in [0.15, 0.2) is 43.0 Å². The van der Waals surface area contributed by atoms with Gasteiger partial charge in [0.15, 0.2) is 0 Å². The predicted molar refractivity (Wildman–Crippen MR) is 80.2 cm³/mol. The molecule has 0 bridgehead atoms. The van der Waals surface area contributed by atoms with Gasteiger partial charge in [0.05, 0.1) is 12.4 Å². The third-order valence-corrected chi connectivity index (χ3v) is 3.84. The van der Waals surface area contributed by atoms with Crippen molar-refractivity contribution in [3.63, 3.8) is 0 Å². The Kier molecular flexibility index (Phi) is 4.02. The van der Waals surface area contributed by atoms with Crippen LogP contribution in [-0.4, -0.2) is 28.3 Å². The zero-order chi connectivity index (χ0) is 13.8. The molecule has 0 aliphatic carbocycles. The van der Waals surface area contributed by atoms with Crippen LogP contribution in [0, 0.1) is 0 Å². The molecule has 4 nitrogen and oxygen atoms in total. The van der Waals surface area contributed by atoms with Gasteiger partial charge in [0.2, 0.25) is 0 Å². The normalized spacial score (nSPS) is 22.6. The first kappa shape index (κ1) is 13.2. The van der Waals surface area contributed by atoms with Crippen molar-refractivity contribution >= 4 is 5.69 Å². The third kappa shape index (κ3) is 3.02.